The Morgan fingerprint density at radius 1 is 1.60 bits per heavy atom. The molecule has 15 heavy (non-hydrogen) atoms. The highest BCUT2D eigenvalue weighted by Crippen LogP contribution is 2.10. The smallest absolute Gasteiger partial charge is 0.223 e. The Morgan fingerprint density at radius 3 is 2.73 bits per heavy atom. The summed E-state index contributed by atoms with van der Waals surface area (Å²) in [5, 5.41) is 7.39. The number of nitrogens with zero attached hydrogens (tertiary/aromatic N) is 3. The summed E-state index contributed by atoms with van der Waals surface area (Å²) in [6, 6.07) is 0. The number of amides is 1. The van der Waals surface area contributed by atoms with E-state index in [2.05, 4.69) is 10.4 Å². The fourth-order valence-corrected chi connectivity index (χ4v) is 1.30. The van der Waals surface area contributed by atoms with Crippen molar-refractivity contribution in [3.05, 3.63) is 11.9 Å². The van der Waals surface area contributed by atoms with Crippen molar-refractivity contribution in [2.45, 2.75) is 13.3 Å². The summed E-state index contributed by atoms with van der Waals surface area (Å²) in [5.74, 6) is 0.129. The minimum atomic E-state index is 0.129. The van der Waals surface area contributed by atoms with Crippen LogP contribution >= 0.6 is 0 Å². The van der Waals surface area contributed by atoms with E-state index in [1.54, 1.807) is 23.7 Å². The standard InChI is InChI=1S/C10H18N4O/c1-8-9(7-14(4)12-8)11-6-5-10(15)13(2)3/h7,11H,5-6H2,1-4H3. The lowest BCUT2D eigenvalue weighted by molar-refractivity contribution is -0.128. The van der Waals surface area contributed by atoms with Gasteiger partial charge in [0.25, 0.3) is 0 Å². The molecule has 5 heteroatoms. The molecule has 0 aliphatic rings. The van der Waals surface area contributed by atoms with Crippen LogP contribution in [-0.2, 0) is 11.8 Å². The third-order valence-corrected chi connectivity index (χ3v) is 2.17. The molecule has 1 aromatic heterocycles. The molecule has 1 rings (SSSR count). The van der Waals surface area contributed by atoms with Gasteiger partial charge >= 0.3 is 0 Å². The molecular formula is C10H18N4O. The second-order valence-electron chi connectivity index (χ2n) is 3.77. The van der Waals surface area contributed by atoms with Gasteiger partial charge in [-0.25, -0.2) is 0 Å². The summed E-state index contributed by atoms with van der Waals surface area (Å²) in [5.41, 5.74) is 1.94. The maximum absolute atomic E-state index is 11.3. The maximum atomic E-state index is 11.3. The van der Waals surface area contributed by atoms with Crippen LogP contribution in [0.2, 0.25) is 0 Å². The van der Waals surface area contributed by atoms with Crippen molar-refractivity contribution in [1.29, 1.82) is 0 Å². The molecule has 0 saturated carbocycles. The summed E-state index contributed by atoms with van der Waals surface area (Å²) in [6.45, 7) is 2.58. The summed E-state index contributed by atoms with van der Waals surface area (Å²) in [6.07, 6.45) is 2.41. The average molecular weight is 210 g/mol. The molecule has 84 valence electrons. The molecule has 1 amide bonds. The van der Waals surface area contributed by atoms with Gasteiger partial charge in [0.15, 0.2) is 0 Å². The number of carbonyl (C=O) groups is 1. The minimum absolute atomic E-state index is 0.129. The van der Waals surface area contributed by atoms with E-state index in [9.17, 15) is 4.79 Å². The lowest BCUT2D eigenvalue weighted by Gasteiger charge is -2.10. The van der Waals surface area contributed by atoms with Gasteiger partial charge in [0, 0.05) is 40.3 Å². The highest BCUT2D eigenvalue weighted by atomic mass is 16.2. The third-order valence-electron chi connectivity index (χ3n) is 2.17. The Morgan fingerprint density at radius 2 is 2.27 bits per heavy atom. The van der Waals surface area contributed by atoms with Crippen molar-refractivity contribution in [2.75, 3.05) is 26.0 Å². The number of aryl methyl sites for hydroxylation is 2. The molecule has 1 N–H and O–H groups in total. The van der Waals surface area contributed by atoms with Gasteiger partial charge in [-0.2, -0.15) is 5.10 Å². The normalized spacial score (nSPS) is 10.1. The number of rotatable bonds is 4. The van der Waals surface area contributed by atoms with Crippen LogP contribution < -0.4 is 5.32 Å². The fraction of sp³-hybridized carbons (Fsp3) is 0.600. The van der Waals surface area contributed by atoms with Crippen molar-refractivity contribution < 1.29 is 4.79 Å². The van der Waals surface area contributed by atoms with Crippen molar-refractivity contribution in [1.82, 2.24) is 14.7 Å². The Kier molecular flexibility index (Phi) is 3.71. The molecule has 0 atom stereocenters. The molecule has 0 aromatic carbocycles. The summed E-state index contributed by atoms with van der Waals surface area (Å²) in [7, 11) is 5.40. The highest BCUT2D eigenvalue weighted by Gasteiger charge is 2.05. The Balaban J connectivity index is 2.38. The summed E-state index contributed by atoms with van der Waals surface area (Å²) in [4.78, 5) is 12.9. The van der Waals surface area contributed by atoms with Crippen LogP contribution in [0.25, 0.3) is 0 Å². The van der Waals surface area contributed by atoms with Gasteiger partial charge in [0.05, 0.1) is 11.4 Å². The van der Waals surface area contributed by atoms with Crippen LogP contribution in [0.1, 0.15) is 12.1 Å². The Labute approximate surface area is 90.1 Å². The number of hydrogen-bond acceptors (Lipinski definition) is 3. The lowest BCUT2D eigenvalue weighted by atomic mass is 10.3. The molecule has 0 radical (unpaired) electrons. The predicted octanol–water partition coefficient (Wildman–Crippen LogP) is 0.619. The van der Waals surface area contributed by atoms with E-state index in [1.165, 1.54) is 0 Å². The van der Waals surface area contributed by atoms with E-state index >= 15 is 0 Å². The number of anilines is 1. The first-order valence-electron chi connectivity index (χ1n) is 4.95. The van der Waals surface area contributed by atoms with Gasteiger partial charge in [0.1, 0.15) is 0 Å². The number of nitrogens with one attached hydrogen (secondary N) is 1. The highest BCUT2D eigenvalue weighted by molar-refractivity contribution is 5.76. The van der Waals surface area contributed by atoms with E-state index in [-0.39, 0.29) is 5.91 Å². The molecule has 0 spiro atoms. The molecule has 0 bridgehead atoms. The molecule has 0 fully saturated rings. The van der Waals surface area contributed by atoms with E-state index in [0.29, 0.717) is 13.0 Å². The van der Waals surface area contributed by atoms with Crippen LogP contribution in [0.15, 0.2) is 6.20 Å². The molecule has 0 unspecified atom stereocenters. The third kappa shape index (κ3) is 3.27. The molecule has 0 aliphatic carbocycles. The minimum Gasteiger partial charge on any atom is -0.382 e. The molecular weight excluding hydrogens is 192 g/mol. The number of hydrogen-bond donors (Lipinski definition) is 1. The van der Waals surface area contributed by atoms with Crippen LogP contribution in [0.3, 0.4) is 0 Å². The first-order chi connectivity index (χ1) is 7.00. The zero-order chi connectivity index (χ0) is 11.4. The van der Waals surface area contributed by atoms with Crippen molar-refractivity contribution in [3.63, 3.8) is 0 Å². The zero-order valence-corrected chi connectivity index (χ0v) is 9.74. The topological polar surface area (TPSA) is 50.2 Å². The van der Waals surface area contributed by atoms with Gasteiger partial charge in [-0.15, -0.1) is 0 Å². The Bertz CT molecular complexity index is 343. The van der Waals surface area contributed by atoms with Gasteiger partial charge in [-0.05, 0) is 6.92 Å². The molecule has 0 saturated heterocycles. The second kappa shape index (κ2) is 4.82. The van der Waals surface area contributed by atoms with E-state index in [1.807, 2.05) is 20.2 Å². The molecule has 0 aliphatic heterocycles. The zero-order valence-electron chi connectivity index (χ0n) is 9.74. The first kappa shape index (κ1) is 11.6. The van der Waals surface area contributed by atoms with Gasteiger partial charge in [-0.3, -0.25) is 9.48 Å². The second-order valence-corrected chi connectivity index (χ2v) is 3.77. The van der Waals surface area contributed by atoms with E-state index in [0.717, 1.165) is 11.4 Å². The number of aromatic nitrogens is 2. The van der Waals surface area contributed by atoms with Crippen molar-refractivity contribution in [2.24, 2.45) is 7.05 Å². The summed E-state index contributed by atoms with van der Waals surface area (Å²) < 4.78 is 1.76. The fourth-order valence-electron chi connectivity index (χ4n) is 1.30. The van der Waals surface area contributed by atoms with Crippen LogP contribution in [0.4, 0.5) is 5.69 Å². The predicted molar refractivity (Wildman–Crippen MR) is 59.7 cm³/mol. The lowest BCUT2D eigenvalue weighted by Crippen LogP contribution is -2.23. The molecule has 5 nitrogen and oxygen atoms in total. The maximum Gasteiger partial charge on any atom is 0.223 e. The SMILES string of the molecule is Cc1nn(C)cc1NCCC(=O)N(C)C. The molecule has 1 heterocycles. The van der Waals surface area contributed by atoms with Crippen LogP contribution in [0, 0.1) is 6.92 Å². The largest absolute Gasteiger partial charge is 0.382 e. The van der Waals surface area contributed by atoms with Crippen molar-refractivity contribution >= 4 is 11.6 Å². The molecule has 1 aromatic rings. The van der Waals surface area contributed by atoms with Crippen LogP contribution in [0.5, 0.6) is 0 Å². The Hall–Kier alpha value is -1.52. The van der Waals surface area contributed by atoms with Crippen molar-refractivity contribution in [3.8, 4) is 0 Å². The number of carbonyl (C=O) groups excluding carboxylic acids is 1. The van der Waals surface area contributed by atoms with E-state index < -0.39 is 0 Å². The first-order valence-corrected chi connectivity index (χ1v) is 4.95. The van der Waals surface area contributed by atoms with Gasteiger partial charge in [-0.1, -0.05) is 0 Å². The van der Waals surface area contributed by atoms with E-state index in [4.69, 9.17) is 0 Å². The summed E-state index contributed by atoms with van der Waals surface area (Å²) >= 11 is 0. The van der Waals surface area contributed by atoms with Gasteiger partial charge in [0.2, 0.25) is 5.91 Å². The van der Waals surface area contributed by atoms with Crippen LogP contribution in [-0.4, -0.2) is 41.2 Å². The monoisotopic (exact) mass is 210 g/mol. The quantitative estimate of drug-likeness (QED) is 0.792. The average Bonchev–Trinajstić information content (AvgIpc) is 2.45. The van der Waals surface area contributed by atoms with Gasteiger partial charge < -0.3 is 10.2 Å².